The summed E-state index contributed by atoms with van der Waals surface area (Å²) in [6, 6.07) is 13.7. The van der Waals surface area contributed by atoms with Gasteiger partial charge in [-0.3, -0.25) is 9.30 Å². The molecule has 0 saturated heterocycles. The molecule has 4 rings (SSSR count). The molecule has 7 nitrogen and oxygen atoms in total. The average Bonchev–Trinajstić information content (AvgIpc) is 3.43. The van der Waals surface area contributed by atoms with Gasteiger partial charge >= 0.3 is 0 Å². The predicted molar refractivity (Wildman–Crippen MR) is 117 cm³/mol. The maximum absolute atomic E-state index is 5.49. The van der Waals surface area contributed by atoms with Crippen molar-refractivity contribution in [2.24, 2.45) is 0 Å². The van der Waals surface area contributed by atoms with E-state index in [1.54, 1.807) is 0 Å². The predicted octanol–water partition coefficient (Wildman–Crippen LogP) is 4.85. The Morgan fingerprint density at radius 3 is 2.43 bits per heavy atom. The van der Waals surface area contributed by atoms with Crippen molar-refractivity contribution in [3.63, 3.8) is 0 Å². The lowest BCUT2D eigenvalue weighted by molar-refractivity contribution is 0.250. The van der Waals surface area contributed by atoms with Gasteiger partial charge in [-0.2, -0.15) is 4.98 Å². The van der Waals surface area contributed by atoms with Crippen molar-refractivity contribution in [3.05, 3.63) is 54.5 Å². The van der Waals surface area contributed by atoms with E-state index >= 15 is 0 Å². The molecular formula is C23H28N6O. The maximum Gasteiger partial charge on any atom is 0.258 e. The number of benzene rings is 1. The summed E-state index contributed by atoms with van der Waals surface area (Å²) in [6.45, 7) is 7.44. The van der Waals surface area contributed by atoms with Crippen LogP contribution in [-0.4, -0.2) is 42.7 Å². The first-order valence-electron chi connectivity index (χ1n) is 10.7. The van der Waals surface area contributed by atoms with Crippen LogP contribution in [0.1, 0.15) is 45.4 Å². The van der Waals surface area contributed by atoms with Crippen LogP contribution in [0, 0.1) is 0 Å². The van der Waals surface area contributed by atoms with E-state index in [0.29, 0.717) is 11.7 Å². The Labute approximate surface area is 176 Å². The number of aromatic nitrogens is 5. The van der Waals surface area contributed by atoms with Crippen molar-refractivity contribution in [3.8, 4) is 22.8 Å². The van der Waals surface area contributed by atoms with Crippen molar-refractivity contribution in [1.82, 2.24) is 29.6 Å². The zero-order chi connectivity index (χ0) is 20.8. The second-order valence-electron chi connectivity index (χ2n) is 7.53. The summed E-state index contributed by atoms with van der Waals surface area (Å²) >= 11 is 0. The van der Waals surface area contributed by atoms with E-state index in [4.69, 9.17) is 4.52 Å². The van der Waals surface area contributed by atoms with Crippen molar-refractivity contribution < 1.29 is 4.52 Å². The summed E-state index contributed by atoms with van der Waals surface area (Å²) in [6.07, 6.45) is 6.78. The van der Waals surface area contributed by atoms with E-state index < -0.39 is 0 Å². The first kappa shape index (κ1) is 20.2. The summed E-state index contributed by atoms with van der Waals surface area (Å²) in [5.41, 5.74) is 2.55. The lowest BCUT2D eigenvalue weighted by Crippen LogP contribution is -2.26. The van der Waals surface area contributed by atoms with E-state index in [-0.39, 0.29) is 0 Å². The van der Waals surface area contributed by atoms with Gasteiger partial charge in [0.05, 0.1) is 6.54 Å². The molecule has 3 heterocycles. The van der Waals surface area contributed by atoms with E-state index in [9.17, 15) is 0 Å². The van der Waals surface area contributed by atoms with Gasteiger partial charge in [0, 0.05) is 17.3 Å². The Hall–Kier alpha value is -3.06. The highest BCUT2D eigenvalue weighted by molar-refractivity contribution is 5.62. The highest BCUT2D eigenvalue weighted by Crippen LogP contribution is 2.23. The van der Waals surface area contributed by atoms with E-state index in [0.717, 1.165) is 42.2 Å². The van der Waals surface area contributed by atoms with Crippen LogP contribution in [-0.2, 0) is 6.54 Å². The molecule has 0 unspecified atom stereocenters. The highest BCUT2D eigenvalue weighted by Gasteiger charge is 2.14. The molecular weight excluding hydrogens is 376 g/mol. The van der Waals surface area contributed by atoms with Gasteiger partial charge in [-0.15, -0.1) is 10.2 Å². The third kappa shape index (κ3) is 4.57. The van der Waals surface area contributed by atoms with E-state index in [2.05, 4.69) is 39.1 Å². The number of pyridine rings is 1. The number of nitrogens with zero attached hydrogens (tertiary/aromatic N) is 6. The largest absolute Gasteiger partial charge is 0.334 e. The minimum Gasteiger partial charge on any atom is -0.334 e. The zero-order valence-corrected chi connectivity index (χ0v) is 17.7. The van der Waals surface area contributed by atoms with E-state index in [1.807, 2.05) is 53.1 Å². The zero-order valence-electron chi connectivity index (χ0n) is 17.7. The smallest absolute Gasteiger partial charge is 0.258 e. The summed E-state index contributed by atoms with van der Waals surface area (Å²) in [5.74, 6) is 2.02. The first-order chi connectivity index (χ1) is 14.8. The van der Waals surface area contributed by atoms with Gasteiger partial charge in [0.1, 0.15) is 0 Å². The molecule has 0 N–H and O–H groups in total. The Bertz CT molecular complexity index is 1060. The minimum atomic E-state index is 0.480. The third-order valence-corrected chi connectivity index (χ3v) is 5.21. The number of fused-ring (bicyclic) bond motifs is 1. The lowest BCUT2D eigenvalue weighted by Gasteiger charge is -2.20. The Morgan fingerprint density at radius 2 is 1.70 bits per heavy atom. The van der Waals surface area contributed by atoms with Gasteiger partial charge in [-0.05, 0) is 38.1 Å². The summed E-state index contributed by atoms with van der Waals surface area (Å²) in [5, 5.41) is 12.9. The molecule has 0 aliphatic rings. The molecule has 0 radical (unpaired) electrons. The number of unbranched alkanes of at least 4 members (excludes halogenated alkanes) is 2. The molecule has 0 spiro atoms. The molecule has 0 bridgehead atoms. The average molecular weight is 405 g/mol. The lowest BCUT2D eigenvalue weighted by atomic mass is 10.2. The molecule has 0 aliphatic heterocycles. The molecule has 30 heavy (non-hydrogen) atoms. The first-order valence-corrected chi connectivity index (χ1v) is 10.7. The fraction of sp³-hybridized carbons (Fsp3) is 0.391. The number of hydrogen-bond acceptors (Lipinski definition) is 6. The molecule has 0 atom stereocenters. The fourth-order valence-corrected chi connectivity index (χ4v) is 3.46. The Morgan fingerprint density at radius 1 is 0.933 bits per heavy atom. The van der Waals surface area contributed by atoms with Crippen LogP contribution in [0.2, 0.25) is 0 Å². The summed E-state index contributed by atoms with van der Waals surface area (Å²) in [7, 11) is 0. The highest BCUT2D eigenvalue weighted by atomic mass is 16.5. The third-order valence-electron chi connectivity index (χ3n) is 5.21. The SMILES string of the molecule is CCCCN(CCCC)Cc1nnc2cc(-c3nc(-c4ccccc4)no3)ccn12. The second-order valence-corrected chi connectivity index (χ2v) is 7.53. The van der Waals surface area contributed by atoms with Crippen LogP contribution < -0.4 is 0 Å². The molecule has 7 heteroatoms. The van der Waals surface area contributed by atoms with Gasteiger partial charge in [0.25, 0.3) is 5.89 Å². The standard InChI is InChI=1S/C23H28N6O/c1-3-5-13-28(14-6-4-2)17-21-26-25-20-16-19(12-15-29(20)21)23-24-22(27-30-23)18-10-8-7-9-11-18/h7-12,15-16H,3-6,13-14,17H2,1-2H3. The minimum absolute atomic E-state index is 0.480. The number of hydrogen-bond donors (Lipinski definition) is 0. The topological polar surface area (TPSA) is 72.3 Å². The molecule has 0 amide bonds. The normalized spacial score (nSPS) is 11.6. The van der Waals surface area contributed by atoms with Crippen LogP contribution in [0.3, 0.4) is 0 Å². The Kier molecular flexibility index (Phi) is 6.49. The molecule has 0 saturated carbocycles. The van der Waals surface area contributed by atoms with Crippen molar-refractivity contribution in [2.75, 3.05) is 13.1 Å². The Balaban J connectivity index is 1.54. The van der Waals surface area contributed by atoms with Crippen LogP contribution in [0.4, 0.5) is 0 Å². The van der Waals surface area contributed by atoms with Gasteiger partial charge in [0.15, 0.2) is 11.5 Å². The van der Waals surface area contributed by atoms with Crippen LogP contribution >= 0.6 is 0 Å². The molecule has 1 aromatic carbocycles. The van der Waals surface area contributed by atoms with Gasteiger partial charge in [0.2, 0.25) is 5.82 Å². The van der Waals surface area contributed by atoms with Crippen LogP contribution in [0.25, 0.3) is 28.5 Å². The van der Waals surface area contributed by atoms with Crippen molar-refractivity contribution >= 4 is 5.65 Å². The van der Waals surface area contributed by atoms with Crippen LogP contribution in [0.5, 0.6) is 0 Å². The van der Waals surface area contributed by atoms with E-state index in [1.165, 1.54) is 25.7 Å². The van der Waals surface area contributed by atoms with Crippen molar-refractivity contribution in [2.45, 2.75) is 46.1 Å². The number of rotatable bonds is 10. The monoisotopic (exact) mass is 404 g/mol. The fourth-order valence-electron chi connectivity index (χ4n) is 3.46. The van der Waals surface area contributed by atoms with Gasteiger partial charge in [-0.25, -0.2) is 0 Å². The van der Waals surface area contributed by atoms with Crippen LogP contribution in [0.15, 0.2) is 53.2 Å². The van der Waals surface area contributed by atoms with Gasteiger partial charge in [-0.1, -0.05) is 62.2 Å². The molecule has 3 aromatic heterocycles. The van der Waals surface area contributed by atoms with Crippen molar-refractivity contribution in [1.29, 1.82) is 0 Å². The molecule has 0 aliphatic carbocycles. The molecule has 0 fully saturated rings. The maximum atomic E-state index is 5.49. The molecule has 156 valence electrons. The van der Waals surface area contributed by atoms with Gasteiger partial charge < -0.3 is 4.52 Å². The second kappa shape index (κ2) is 9.63. The summed E-state index contributed by atoms with van der Waals surface area (Å²) < 4.78 is 7.53. The summed E-state index contributed by atoms with van der Waals surface area (Å²) in [4.78, 5) is 7.01. The quantitative estimate of drug-likeness (QED) is 0.376. The molecule has 4 aromatic rings.